The van der Waals surface area contributed by atoms with E-state index in [0.29, 0.717) is 12.6 Å². The molecule has 1 atom stereocenters. The van der Waals surface area contributed by atoms with Crippen LogP contribution in [0.3, 0.4) is 0 Å². The van der Waals surface area contributed by atoms with E-state index in [1.165, 1.54) is 4.31 Å². The fraction of sp³-hybridized carbons (Fsp3) is 0.375. The first-order valence-electron chi connectivity index (χ1n) is 10.9. The SMILES string of the molecule is COc1ccc(CN(Cc2ccc(OC)cc2)S(=O)(=O)c2ccn(CC3CCN3C)n2)cc1. The van der Waals surface area contributed by atoms with Gasteiger partial charge in [-0.05, 0) is 61.5 Å². The Balaban J connectivity index is 1.59. The maximum Gasteiger partial charge on any atom is 0.262 e. The number of rotatable bonds is 10. The molecule has 2 heterocycles. The molecule has 0 bridgehead atoms. The van der Waals surface area contributed by atoms with Crippen molar-refractivity contribution in [2.45, 2.75) is 37.1 Å². The number of hydrogen-bond acceptors (Lipinski definition) is 6. The molecule has 0 N–H and O–H groups in total. The van der Waals surface area contributed by atoms with Gasteiger partial charge in [-0.15, -0.1) is 0 Å². The second-order valence-corrected chi connectivity index (χ2v) is 10.2. The second kappa shape index (κ2) is 9.94. The van der Waals surface area contributed by atoms with Gasteiger partial charge in [0.2, 0.25) is 0 Å². The average Bonchev–Trinajstić information content (AvgIpc) is 3.32. The monoisotopic (exact) mass is 470 g/mol. The lowest BCUT2D eigenvalue weighted by Crippen LogP contribution is -2.47. The van der Waals surface area contributed by atoms with Crippen LogP contribution in [0.25, 0.3) is 0 Å². The summed E-state index contributed by atoms with van der Waals surface area (Å²) in [5, 5.41) is 4.48. The Morgan fingerprint density at radius 3 is 1.91 bits per heavy atom. The third-order valence-corrected chi connectivity index (χ3v) is 7.78. The van der Waals surface area contributed by atoms with Crippen molar-refractivity contribution in [3.63, 3.8) is 0 Å². The summed E-state index contributed by atoms with van der Waals surface area (Å²) < 4.78 is 40.9. The Hall–Kier alpha value is -2.88. The quantitative estimate of drug-likeness (QED) is 0.453. The van der Waals surface area contributed by atoms with Crippen molar-refractivity contribution in [3.05, 3.63) is 71.9 Å². The minimum atomic E-state index is -3.82. The van der Waals surface area contributed by atoms with Crippen molar-refractivity contribution in [1.82, 2.24) is 19.0 Å². The number of aromatic nitrogens is 2. The molecular weight excluding hydrogens is 440 g/mol. The van der Waals surface area contributed by atoms with Crippen LogP contribution < -0.4 is 9.47 Å². The van der Waals surface area contributed by atoms with E-state index in [1.54, 1.807) is 31.2 Å². The van der Waals surface area contributed by atoms with Crippen LogP contribution in [-0.4, -0.2) is 61.3 Å². The average molecular weight is 471 g/mol. The standard InChI is InChI=1S/C24H30N4O4S/c1-26-14-12-21(26)18-27-15-13-24(25-27)33(29,30)28(16-19-4-8-22(31-2)9-5-19)17-20-6-10-23(32-3)11-7-20/h4-11,13,15,21H,12,14,16-18H2,1-3H3. The largest absolute Gasteiger partial charge is 0.497 e. The molecule has 8 nitrogen and oxygen atoms in total. The molecule has 1 aromatic heterocycles. The smallest absolute Gasteiger partial charge is 0.262 e. The van der Waals surface area contributed by atoms with E-state index in [-0.39, 0.29) is 18.1 Å². The maximum atomic E-state index is 13.6. The van der Waals surface area contributed by atoms with Crippen molar-refractivity contribution in [2.24, 2.45) is 0 Å². The van der Waals surface area contributed by atoms with Crippen molar-refractivity contribution < 1.29 is 17.9 Å². The molecule has 0 aliphatic carbocycles. The van der Waals surface area contributed by atoms with E-state index in [4.69, 9.17) is 9.47 Å². The van der Waals surface area contributed by atoms with E-state index in [9.17, 15) is 8.42 Å². The van der Waals surface area contributed by atoms with E-state index in [2.05, 4.69) is 17.0 Å². The molecule has 4 rings (SSSR count). The first kappa shape index (κ1) is 23.3. The molecular formula is C24H30N4O4S. The molecule has 9 heteroatoms. The zero-order valence-corrected chi connectivity index (χ0v) is 20.0. The van der Waals surface area contributed by atoms with Gasteiger partial charge in [0, 0.05) is 25.3 Å². The maximum absolute atomic E-state index is 13.6. The molecule has 1 saturated heterocycles. The summed E-state index contributed by atoms with van der Waals surface area (Å²) in [5.74, 6) is 1.45. The molecule has 33 heavy (non-hydrogen) atoms. The van der Waals surface area contributed by atoms with Crippen molar-refractivity contribution in [3.8, 4) is 11.5 Å². The van der Waals surface area contributed by atoms with E-state index >= 15 is 0 Å². The lowest BCUT2D eigenvalue weighted by Gasteiger charge is -2.37. The minimum absolute atomic E-state index is 0.0616. The molecule has 0 saturated carbocycles. The van der Waals surface area contributed by atoms with Gasteiger partial charge in [0.15, 0.2) is 5.03 Å². The first-order chi connectivity index (χ1) is 15.9. The zero-order valence-electron chi connectivity index (χ0n) is 19.2. The molecule has 176 valence electrons. The number of likely N-dealkylation sites (N-methyl/N-ethyl adjacent to an activating group) is 1. The highest BCUT2D eigenvalue weighted by Gasteiger charge is 2.29. The van der Waals surface area contributed by atoms with Crippen molar-refractivity contribution in [1.29, 1.82) is 0 Å². The van der Waals surface area contributed by atoms with Crippen molar-refractivity contribution in [2.75, 3.05) is 27.8 Å². The predicted molar refractivity (Wildman–Crippen MR) is 126 cm³/mol. The molecule has 1 fully saturated rings. The second-order valence-electron chi connectivity index (χ2n) is 8.27. The summed E-state index contributed by atoms with van der Waals surface area (Å²) in [5.41, 5.74) is 1.73. The van der Waals surface area contributed by atoms with E-state index in [0.717, 1.165) is 35.6 Å². The van der Waals surface area contributed by atoms with Gasteiger partial charge in [-0.25, -0.2) is 8.42 Å². The zero-order chi connectivity index (χ0) is 23.4. The molecule has 3 aromatic rings. The van der Waals surface area contributed by atoms with Crippen LogP contribution in [0.5, 0.6) is 11.5 Å². The van der Waals surface area contributed by atoms with Crippen molar-refractivity contribution >= 4 is 10.0 Å². The van der Waals surface area contributed by atoms with Gasteiger partial charge in [-0.2, -0.15) is 9.40 Å². The highest BCUT2D eigenvalue weighted by Crippen LogP contribution is 2.23. The molecule has 1 aliphatic heterocycles. The van der Waals surface area contributed by atoms with E-state index < -0.39 is 10.0 Å². The van der Waals surface area contributed by atoms with Gasteiger partial charge >= 0.3 is 0 Å². The highest BCUT2D eigenvalue weighted by atomic mass is 32.2. The summed E-state index contributed by atoms with van der Waals surface area (Å²) in [6.07, 6.45) is 2.84. The van der Waals surface area contributed by atoms with Crippen LogP contribution in [-0.2, 0) is 29.7 Å². The summed E-state index contributed by atoms with van der Waals surface area (Å²) in [4.78, 5) is 2.25. The number of likely N-dealkylation sites (tertiary alicyclic amines) is 1. The molecule has 2 aromatic carbocycles. The van der Waals surface area contributed by atoms with Gasteiger partial charge in [0.1, 0.15) is 11.5 Å². The van der Waals surface area contributed by atoms with E-state index in [1.807, 2.05) is 48.5 Å². The molecule has 1 aliphatic rings. The number of methoxy groups -OCH3 is 2. The molecule has 0 radical (unpaired) electrons. The number of ether oxygens (including phenoxy) is 2. The Labute approximate surface area is 195 Å². The summed E-state index contributed by atoms with van der Waals surface area (Å²) in [7, 11) is 1.46. The van der Waals surface area contributed by atoms with Crippen LogP contribution in [0.15, 0.2) is 65.8 Å². The normalized spacial score (nSPS) is 16.5. The van der Waals surface area contributed by atoms with Crippen LogP contribution in [0.4, 0.5) is 0 Å². The van der Waals surface area contributed by atoms with Gasteiger partial charge in [0.25, 0.3) is 10.0 Å². The number of nitrogens with zero attached hydrogens (tertiary/aromatic N) is 4. The summed E-state index contributed by atoms with van der Waals surface area (Å²) >= 11 is 0. The summed E-state index contributed by atoms with van der Waals surface area (Å²) in [6, 6.07) is 16.8. The molecule has 0 spiro atoms. The fourth-order valence-electron chi connectivity index (χ4n) is 3.83. The Bertz CT molecular complexity index is 1110. The van der Waals surface area contributed by atoms with Gasteiger partial charge < -0.3 is 14.4 Å². The highest BCUT2D eigenvalue weighted by molar-refractivity contribution is 7.89. The third kappa shape index (κ3) is 5.38. The van der Waals surface area contributed by atoms with Crippen LogP contribution in [0, 0.1) is 0 Å². The van der Waals surface area contributed by atoms with Crippen LogP contribution in [0.1, 0.15) is 17.5 Å². The lowest BCUT2D eigenvalue weighted by molar-refractivity contribution is 0.106. The van der Waals surface area contributed by atoms with Crippen LogP contribution in [0.2, 0.25) is 0 Å². The predicted octanol–water partition coefficient (Wildman–Crippen LogP) is 3.00. The Kier molecular flexibility index (Phi) is 7.02. The number of sulfonamides is 1. The Morgan fingerprint density at radius 2 is 1.48 bits per heavy atom. The molecule has 0 amide bonds. The van der Waals surface area contributed by atoms with Gasteiger partial charge in [-0.1, -0.05) is 24.3 Å². The number of hydrogen-bond donors (Lipinski definition) is 0. The lowest BCUT2D eigenvalue weighted by atomic mass is 10.1. The third-order valence-electron chi connectivity index (χ3n) is 6.09. The topological polar surface area (TPSA) is 76.9 Å². The summed E-state index contributed by atoms with van der Waals surface area (Å²) in [6.45, 7) is 2.19. The Morgan fingerprint density at radius 1 is 0.939 bits per heavy atom. The van der Waals surface area contributed by atoms with Gasteiger partial charge in [0.05, 0.1) is 20.8 Å². The fourth-order valence-corrected chi connectivity index (χ4v) is 5.17. The minimum Gasteiger partial charge on any atom is -0.497 e. The number of benzene rings is 2. The van der Waals surface area contributed by atoms with Crippen LogP contribution >= 0.6 is 0 Å². The van der Waals surface area contributed by atoms with Gasteiger partial charge in [-0.3, -0.25) is 4.68 Å². The first-order valence-corrected chi connectivity index (χ1v) is 12.3. The molecule has 1 unspecified atom stereocenters.